The number of carbonyl (C=O) groups is 5. The smallest absolute Gasteiger partial charge is 0.410 e. The number of unbranched alkanes of at least 4 members (excludes halogenated alkanes) is 1. The van der Waals surface area contributed by atoms with Crippen molar-refractivity contribution in [2.24, 2.45) is 17.8 Å². The molecular weight excluding hydrogens is 981 g/mol. The molecule has 6 unspecified atom stereocenters. The molecule has 0 saturated carbocycles. The predicted octanol–water partition coefficient (Wildman–Crippen LogP) is 7.96. The molecule has 0 spiro atoms. The van der Waals surface area contributed by atoms with E-state index in [4.69, 9.17) is 47.4 Å². The summed E-state index contributed by atoms with van der Waals surface area (Å²) in [7, 11) is 3.21. The summed E-state index contributed by atoms with van der Waals surface area (Å²) < 4.78 is 58.8. The van der Waals surface area contributed by atoms with Crippen molar-refractivity contribution in [1.29, 1.82) is 0 Å². The fourth-order valence-corrected chi connectivity index (χ4v) is 8.85. The van der Waals surface area contributed by atoms with Crippen molar-refractivity contribution >= 4 is 29.9 Å². The summed E-state index contributed by atoms with van der Waals surface area (Å²) in [6.07, 6.45) is -0.613. The molecule has 1 fully saturated rings. The maximum atomic E-state index is 13.6. The first-order valence-corrected chi connectivity index (χ1v) is 25.9. The number of nitrogens with one attached hydrogen (secondary N) is 1. The molecule has 0 aliphatic carbocycles. The minimum absolute atomic E-state index is 0.0171. The molecule has 6 atom stereocenters. The Morgan fingerprint density at radius 2 is 1.26 bits per heavy atom. The average Bonchev–Trinajstić information content (AvgIpc) is 3.46. The second-order valence-corrected chi connectivity index (χ2v) is 18.7. The summed E-state index contributed by atoms with van der Waals surface area (Å²) in [4.78, 5) is 62.9. The highest BCUT2D eigenvalue weighted by Gasteiger charge is 2.43. The Morgan fingerprint density at radius 3 is 1.86 bits per heavy atom. The highest BCUT2D eigenvalue weighted by Crippen LogP contribution is 2.42. The van der Waals surface area contributed by atoms with Crippen LogP contribution in [0.3, 0.4) is 0 Å². The lowest BCUT2D eigenvalue weighted by Gasteiger charge is -2.44. The van der Waals surface area contributed by atoms with E-state index in [0.29, 0.717) is 37.3 Å². The van der Waals surface area contributed by atoms with E-state index in [1.807, 2.05) is 123 Å². The summed E-state index contributed by atoms with van der Waals surface area (Å²) in [5, 5.41) is 12.2. The summed E-state index contributed by atoms with van der Waals surface area (Å²) in [6, 6.07) is 34.2. The molecule has 18 nitrogen and oxygen atoms in total. The van der Waals surface area contributed by atoms with Gasteiger partial charge in [0.05, 0.1) is 85.5 Å². The number of esters is 2. The topological polar surface area (TPSA) is 213 Å². The van der Waals surface area contributed by atoms with Crippen LogP contribution in [-0.2, 0) is 69.3 Å². The van der Waals surface area contributed by atoms with Crippen LogP contribution in [0.15, 0.2) is 109 Å². The molecule has 4 aromatic carbocycles. The van der Waals surface area contributed by atoms with E-state index >= 15 is 0 Å². The van der Waals surface area contributed by atoms with Crippen LogP contribution in [0, 0.1) is 17.8 Å². The molecule has 0 aromatic heterocycles. The highest BCUT2D eigenvalue weighted by molar-refractivity contribution is 5.76. The van der Waals surface area contributed by atoms with Crippen LogP contribution in [0.4, 0.5) is 4.79 Å². The summed E-state index contributed by atoms with van der Waals surface area (Å²) in [6.45, 7) is 8.69. The molecule has 5 rings (SSSR count). The fraction of sp³-hybridized carbons (Fsp3) is 0.500. The Hall–Kier alpha value is -6.57. The van der Waals surface area contributed by atoms with E-state index in [9.17, 15) is 29.1 Å². The van der Waals surface area contributed by atoms with E-state index < -0.39 is 48.0 Å². The molecular formula is C58H76N2O16. The SMILES string of the molecule is COc1ccc(C(OCC(CCCCN(CCOCCOCCOC2OC(COC(C)=O)C(C)C(C)C2NC(C)=O)C(=O)OCc2ccccc2)COC(=O)CCC(=O)O)(c2ccccc2)c2ccc(OC)cc2)cc1. The number of amides is 2. The molecule has 76 heavy (non-hydrogen) atoms. The van der Waals surface area contributed by atoms with Crippen LogP contribution in [-0.4, -0.2) is 139 Å². The summed E-state index contributed by atoms with van der Waals surface area (Å²) in [5.41, 5.74) is 2.22. The van der Waals surface area contributed by atoms with Crippen LogP contribution in [0.5, 0.6) is 11.5 Å². The summed E-state index contributed by atoms with van der Waals surface area (Å²) >= 11 is 0. The van der Waals surface area contributed by atoms with Gasteiger partial charge in [0, 0.05) is 32.9 Å². The Bertz CT molecular complexity index is 2300. The largest absolute Gasteiger partial charge is 0.497 e. The van der Waals surface area contributed by atoms with Crippen molar-refractivity contribution in [1.82, 2.24) is 10.2 Å². The van der Waals surface area contributed by atoms with Crippen molar-refractivity contribution in [3.63, 3.8) is 0 Å². The first-order valence-electron chi connectivity index (χ1n) is 25.9. The third-order valence-electron chi connectivity index (χ3n) is 13.3. The van der Waals surface area contributed by atoms with E-state index in [-0.39, 0.29) is 103 Å². The van der Waals surface area contributed by atoms with Gasteiger partial charge in [0.1, 0.15) is 30.3 Å². The van der Waals surface area contributed by atoms with Gasteiger partial charge in [-0.3, -0.25) is 19.2 Å². The van der Waals surface area contributed by atoms with Gasteiger partial charge in [-0.25, -0.2) is 4.79 Å². The minimum Gasteiger partial charge on any atom is -0.497 e. The number of aliphatic carboxylic acids is 1. The van der Waals surface area contributed by atoms with E-state index in [1.54, 1.807) is 19.1 Å². The molecule has 1 aliphatic heterocycles. The fourth-order valence-electron chi connectivity index (χ4n) is 8.85. The standard InChI is InChI=1S/C58H76N2O16/c1-41-42(2)55(59-43(3)61)56(76-52(41)40-72-44(4)62)71-36-35-70-34-33-69-32-31-60(57(66)74-37-45-15-9-7-10-16-45)30-14-13-17-46(38-73-54(65)29-28-53(63)64)39-75-58(47-18-11-8-12-19-47,48-20-24-50(67-5)25-21-48)49-22-26-51(68-6)27-23-49/h7-12,15-16,18-27,41-42,46,52,55-56H,13-14,17,28-40H2,1-6H3,(H,59,61)(H,63,64). The monoisotopic (exact) mass is 1060 g/mol. The van der Waals surface area contributed by atoms with Gasteiger partial charge in [-0.15, -0.1) is 0 Å². The third-order valence-corrected chi connectivity index (χ3v) is 13.3. The molecule has 0 bridgehead atoms. The number of rotatable bonds is 33. The molecule has 1 aliphatic rings. The first-order chi connectivity index (χ1) is 36.7. The van der Waals surface area contributed by atoms with Gasteiger partial charge >= 0.3 is 24.0 Å². The minimum atomic E-state index is -1.14. The van der Waals surface area contributed by atoms with Crippen LogP contribution in [0.2, 0.25) is 0 Å². The Labute approximate surface area is 446 Å². The maximum absolute atomic E-state index is 13.6. The first kappa shape index (κ1) is 60.3. The van der Waals surface area contributed by atoms with Crippen LogP contribution >= 0.6 is 0 Å². The number of benzene rings is 4. The zero-order chi connectivity index (χ0) is 54.7. The van der Waals surface area contributed by atoms with E-state index in [1.165, 1.54) is 13.8 Å². The Morgan fingerprint density at radius 1 is 0.671 bits per heavy atom. The number of carboxylic acids is 1. The van der Waals surface area contributed by atoms with Crippen molar-refractivity contribution in [2.75, 3.05) is 80.2 Å². The second kappa shape index (κ2) is 32.1. The van der Waals surface area contributed by atoms with Crippen LogP contribution < -0.4 is 14.8 Å². The van der Waals surface area contributed by atoms with Gasteiger partial charge in [-0.1, -0.05) is 105 Å². The predicted molar refractivity (Wildman–Crippen MR) is 280 cm³/mol. The average molecular weight is 1060 g/mol. The number of hydrogen-bond acceptors (Lipinski definition) is 15. The molecule has 1 heterocycles. The molecule has 2 N–H and O–H groups in total. The van der Waals surface area contributed by atoms with Gasteiger partial charge in [0.2, 0.25) is 5.91 Å². The second-order valence-electron chi connectivity index (χ2n) is 18.7. The van der Waals surface area contributed by atoms with Crippen LogP contribution in [0.1, 0.15) is 82.1 Å². The highest BCUT2D eigenvalue weighted by atomic mass is 16.7. The lowest BCUT2D eigenvalue weighted by atomic mass is 9.79. The van der Waals surface area contributed by atoms with E-state index in [0.717, 1.165) is 22.3 Å². The molecule has 18 heteroatoms. The Balaban J connectivity index is 1.21. The van der Waals surface area contributed by atoms with Gasteiger partial charge in [0.25, 0.3) is 0 Å². The van der Waals surface area contributed by atoms with E-state index in [2.05, 4.69) is 5.32 Å². The molecule has 4 aromatic rings. The third kappa shape index (κ3) is 19.2. The number of ether oxygens (including phenoxy) is 10. The van der Waals surface area contributed by atoms with Crippen LogP contribution in [0.25, 0.3) is 0 Å². The Kier molecular flexibility index (Phi) is 25.5. The number of methoxy groups -OCH3 is 2. The van der Waals surface area contributed by atoms with Gasteiger partial charge in [0.15, 0.2) is 6.29 Å². The van der Waals surface area contributed by atoms with Crippen molar-refractivity contribution < 1.29 is 76.4 Å². The lowest BCUT2D eigenvalue weighted by molar-refractivity contribution is -0.247. The van der Waals surface area contributed by atoms with Crippen molar-refractivity contribution in [2.45, 2.75) is 90.4 Å². The molecule has 2 amide bonds. The van der Waals surface area contributed by atoms with Gasteiger partial charge in [-0.05, 0) is 71.2 Å². The summed E-state index contributed by atoms with van der Waals surface area (Å²) in [5.74, 6) is -1.38. The zero-order valence-corrected chi connectivity index (χ0v) is 44.7. The van der Waals surface area contributed by atoms with Crippen molar-refractivity contribution in [3.8, 4) is 11.5 Å². The number of nitrogens with zero attached hydrogens (tertiary/aromatic N) is 1. The zero-order valence-electron chi connectivity index (χ0n) is 44.7. The molecule has 1 saturated heterocycles. The molecule has 0 radical (unpaired) electrons. The maximum Gasteiger partial charge on any atom is 0.410 e. The molecule has 414 valence electrons. The van der Waals surface area contributed by atoms with Crippen molar-refractivity contribution in [3.05, 3.63) is 131 Å². The normalized spacial score (nSPS) is 17.7. The number of carbonyl (C=O) groups excluding carboxylic acids is 4. The number of hydrogen-bond donors (Lipinski definition) is 2. The lowest BCUT2D eigenvalue weighted by Crippen LogP contribution is -2.58. The number of carboxylic acid groups (broad SMARTS) is 1. The quantitative estimate of drug-likeness (QED) is 0.0200. The van der Waals surface area contributed by atoms with Gasteiger partial charge in [-0.2, -0.15) is 0 Å². The van der Waals surface area contributed by atoms with Gasteiger partial charge < -0.3 is 62.7 Å².